The largest absolute Gasteiger partial charge is 0.327 e. The molecule has 0 N–H and O–H groups in total. The number of rotatable bonds is 3. The standard InChI is InChI=1S/C21H21N5.2ClH/c1-25(18-12-6-8-15-7-2-5-11-17(15)18)20-19-21(23-13-22-20)26(14-24-19)16-9-3-4-10-16;;/h2,5-8,11-14,16H,3-4,9-10H2,1H3;2*1H. The lowest BCUT2D eigenvalue weighted by Gasteiger charge is -2.20. The number of hydrogen-bond acceptors (Lipinski definition) is 4. The molecule has 0 spiro atoms. The predicted octanol–water partition coefficient (Wildman–Crippen LogP) is 5.71. The van der Waals surface area contributed by atoms with E-state index >= 15 is 0 Å². The summed E-state index contributed by atoms with van der Waals surface area (Å²) in [4.78, 5) is 15.9. The molecular weight excluding hydrogens is 393 g/mol. The Hall–Kier alpha value is -2.37. The van der Waals surface area contributed by atoms with Crippen molar-refractivity contribution in [3.8, 4) is 0 Å². The summed E-state index contributed by atoms with van der Waals surface area (Å²) in [7, 11) is 2.05. The maximum atomic E-state index is 4.69. The van der Waals surface area contributed by atoms with E-state index in [9.17, 15) is 0 Å². The molecule has 146 valence electrons. The van der Waals surface area contributed by atoms with Crippen molar-refractivity contribution < 1.29 is 0 Å². The fourth-order valence-corrected chi connectivity index (χ4v) is 4.15. The third-order valence-electron chi connectivity index (χ3n) is 5.50. The topological polar surface area (TPSA) is 46.8 Å². The van der Waals surface area contributed by atoms with Crippen molar-refractivity contribution in [3.63, 3.8) is 0 Å². The van der Waals surface area contributed by atoms with Gasteiger partial charge in [-0.3, -0.25) is 0 Å². The van der Waals surface area contributed by atoms with E-state index in [2.05, 4.69) is 73.9 Å². The van der Waals surface area contributed by atoms with Gasteiger partial charge in [0.05, 0.1) is 6.33 Å². The second-order valence-electron chi connectivity index (χ2n) is 7.02. The molecule has 4 aromatic rings. The van der Waals surface area contributed by atoms with Crippen LogP contribution in [0.1, 0.15) is 31.7 Å². The van der Waals surface area contributed by atoms with E-state index < -0.39 is 0 Å². The highest BCUT2D eigenvalue weighted by Gasteiger charge is 2.22. The molecule has 0 atom stereocenters. The second kappa shape index (κ2) is 8.33. The van der Waals surface area contributed by atoms with Crippen molar-refractivity contribution in [1.29, 1.82) is 0 Å². The van der Waals surface area contributed by atoms with E-state index in [0.29, 0.717) is 6.04 Å². The number of imidazole rings is 1. The zero-order chi connectivity index (χ0) is 17.5. The molecule has 0 saturated heterocycles. The number of aromatic nitrogens is 4. The quantitative estimate of drug-likeness (QED) is 0.430. The number of benzene rings is 2. The Labute approximate surface area is 176 Å². The Balaban J connectivity index is 0.00000112. The molecule has 7 heteroatoms. The molecule has 1 aliphatic rings. The van der Waals surface area contributed by atoms with Crippen LogP contribution >= 0.6 is 24.8 Å². The van der Waals surface area contributed by atoms with Gasteiger partial charge in [-0.05, 0) is 24.3 Å². The van der Waals surface area contributed by atoms with E-state index in [1.54, 1.807) is 6.33 Å². The molecule has 0 unspecified atom stereocenters. The van der Waals surface area contributed by atoms with Gasteiger partial charge in [-0.2, -0.15) is 0 Å². The molecular formula is C21H23Cl2N5. The molecule has 0 bridgehead atoms. The normalized spacial score (nSPS) is 14.0. The molecule has 2 aromatic carbocycles. The van der Waals surface area contributed by atoms with Gasteiger partial charge in [0.25, 0.3) is 0 Å². The van der Waals surface area contributed by atoms with Crippen molar-refractivity contribution in [2.45, 2.75) is 31.7 Å². The molecule has 5 nitrogen and oxygen atoms in total. The fourth-order valence-electron chi connectivity index (χ4n) is 4.15. The second-order valence-corrected chi connectivity index (χ2v) is 7.02. The van der Waals surface area contributed by atoms with Gasteiger partial charge in [-0.15, -0.1) is 24.8 Å². The summed E-state index contributed by atoms with van der Waals surface area (Å²) in [6, 6.07) is 15.3. The lowest BCUT2D eigenvalue weighted by Crippen LogP contribution is -2.13. The van der Waals surface area contributed by atoms with Gasteiger partial charge >= 0.3 is 0 Å². The van der Waals surface area contributed by atoms with E-state index in [-0.39, 0.29) is 24.8 Å². The molecule has 2 aromatic heterocycles. The number of fused-ring (bicyclic) bond motifs is 2. The molecule has 1 aliphatic carbocycles. The third kappa shape index (κ3) is 3.29. The Kier molecular flexibility index (Phi) is 6.06. The zero-order valence-electron chi connectivity index (χ0n) is 15.7. The number of nitrogens with zero attached hydrogens (tertiary/aromatic N) is 5. The summed E-state index contributed by atoms with van der Waals surface area (Å²) in [6.07, 6.45) is 8.60. The van der Waals surface area contributed by atoms with E-state index in [1.165, 1.54) is 36.5 Å². The summed E-state index contributed by atoms with van der Waals surface area (Å²) in [5.41, 5.74) is 2.93. The van der Waals surface area contributed by atoms with Crippen LogP contribution < -0.4 is 4.90 Å². The van der Waals surface area contributed by atoms with Gasteiger partial charge in [0.2, 0.25) is 0 Å². The van der Waals surface area contributed by atoms with E-state index in [4.69, 9.17) is 0 Å². The summed E-state index contributed by atoms with van der Waals surface area (Å²) in [5.74, 6) is 0.850. The first-order valence-electron chi connectivity index (χ1n) is 9.22. The average Bonchev–Trinajstić information content (AvgIpc) is 3.36. The summed E-state index contributed by atoms with van der Waals surface area (Å²) in [6.45, 7) is 0. The van der Waals surface area contributed by atoms with Gasteiger partial charge in [0.1, 0.15) is 6.33 Å². The third-order valence-corrected chi connectivity index (χ3v) is 5.50. The Morgan fingerprint density at radius 3 is 2.50 bits per heavy atom. The first-order chi connectivity index (χ1) is 12.8. The molecule has 0 amide bonds. The minimum Gasteiger partial charge on any atom is -0.327 e. The van der Waals surface area contributed by atoms with Crippen LogP contribution in [0.15, 0.2) is 55.1 Å². The molecule has 0 aliphatic heterocycles. The first kappa shape index (κ1) is 20.4. The van der Waals surface area contributed by atoms with E-state index in [1.807, 2.05) is 6.33 Å². The van der Waals surface area contributed by atoms with Crippen LogP contribution in [0, 0.1) is 0 Å². The van der Waals surface area contributed by atoms with Gasteiger partial charge in [-0.25, -0.2) is 15.0 Å². The lowest BCUT2D eigenvalue weighted by atomic mass is 10.1. The maximum Gasteiger partial charge on any atom is 0.165 e. The van der Waals surface area contributed by atoms with E-state index in [0.717, 1.165) is 22.7 Å². The molecule has 1 saturated carbocycles. The molecule has 2 heterocycles. The fraction of sp³-hybridized carbons (Fsp3) is 0.286. The minimum atomic E-state index is 0. The summed E-state index contributed by atoms with van der Waals surface area (Å²) < 4.78 is 2.24. The van der Waals surface area contributed by atoms with Crippen molar-refractivity contribution in [1.82, 2.24) is 19.5 Å². The van der Waals surface area contributed by atoms with Gasteiger partial charge in [0, 0.05) is 24.2 Å². The van der Waals surface area contributed by atoms with Crippen LogP contribution in [0.5, 0.6) is 0 Å². The predicted molar refractivity (Wildman–Crippen MR) is 119 cm³/mol. The number of anilines is 2. The van der Waals surface area contributed by atoms with Crippen molar-refractivity contribution in [3.05, 3.63) is 55.1 Å². The highest BCUT2D eigenvalue weighted by atomic mass is 35.5. The zero-order valence-corrected chi connectivity index (χ0v) is 17.3. The van der Waals surface area contributed by atoms with Crippen LogP contribution in [-0.2, 0) is 0 Å². The Bertz CT molecular complexity index is 1080. The Morgan fingerprint density at radius 1 is 0.929 bits per heavy atom. The smallest absolute Gasteiger partial charge is 0.165 e. The number of hydrogen-bond donors (Lipinski definition) is 0. The number of halogens is 2. The monoisotopic (exact) mass is 415 g/mol. The highest BCUT2D eigenvalue weighted by Crippen LogP contribution is 2.35. The average molecular weight is 416 g/mol. The molecule has 0 radical (unpaired) electrons. The maximum absolute atomic E-state index is 4.69. The Morgan fingerprint density at radius 2 is 1.68 bits per heavy atom. The van der Waals surface area contributed by atoms with Crippen LogP contribution in [0.4, 0.5) is 11.5 Å². The van der Waals surface area contributed by atoms with Gasteiger partial charge < -0.3 is 9.47 Å². The lowest BCUT2D eigenvalue weighted by molar-refractivity contribution is 0.529. The summed E-state index contributed by atoms with van der Waals surface area (Å²) in [5, 5.41) is 2.43. The SMILES string of the molecule is CN(c1cccc2ccccc12)c1ncnc2c1ncn2C1CCCC1.Cl.Cl. The van der Waals surface area contributed by atoms with Crippen molar-refractivity contribution >= 4 is 58.3 Å². The van der Waals surface area contributed by atoms with Crippen molar-refractivity contribution in [2.75, 3.05) is 11.9 Å². The highest BCUT2D eigenvalue weighted by molar-refractivity contribution is 5.98. The van der Waals surface area contributed by atoms with Crippen molar-refractivity contribution in [2.24, 2.45) is 0 Å². The minimum absolute atomic E-state index is 0. The molecule has 1 fully saturated rings. The van der Waals surface area contributed by atoms with Gasteiger partial charge in [0.15, 0.2) is 17.0 Å². The van der Waals surface area contributed by atoms with Crippen LogP contribution in [0.25, 0.3) is 21.9 Å². The first-order valence-corrected chi connectivity index (χ1v) is 9.22. The molecule has 28 heavy (non-hydrogen) atoms. The van der Waals surface area contributed by atoms with Gasteiger partial charge in [-0.1, -0.05) is 49.2 Å². The van der Waals surface area contributed by atoms with Crippen LogP contribution in [0.2, 0.25) is 0 Å². The summed E-state index contributed by atoms with van der Waals surface area (Å²) >= 11 is 0. The van der Waals surface area contributed by atoms with Crippen LogP contribution in [-0.4, -0.2) is 26.6 Å². The molecule has 5 rings (SSSR count). The van der Waals surface area contributed by atoms with Crippen LogP contribution in [0.3, 0.4) is 0 Å².